The zero-order valence-corrected chi connectivity index (χ0v) is 15.8. The molecule has 1 aliphatic rings. The Balaban J connectivity index is 1.70. The second-order valence-corrected chi connectivity index (χ2v) is 7.23. The van der Waals surface area contributed by atoms with Crippen LogP contribution in [0.5, 0.6) is 0 Å². The third-order valence-corrected chi connectivity index (χ3v) is 5.34. The van der Waals surface area contributed by atoms with Crippen LogP contribution in [0.2, 0.25) is 0 Å². The van der Waals surface area contributed by atoms with Crippen molar-refractivity contribution in [3.8, 4) is 0 Å². The van der Waals surface area contributed by atoms with Crippen molar-refractivity contribution in [2.45, 2.75) is 65.8 Å². The predicted molar refractivity (Wildman–Crippen MR) is 97.3 cm³/mol. The highest BCUT2D eigenvalue weighted by Gasteiger charge is 2.27. The molecular weight excluding hydrogens is 324 g/mol. The lowest BCUT2D eigenvalue weighted by Crippen LogP contribution is -2.52. The van der Waals surface area contributed by atoms with Crippen molar-refractivity contribution in [3.05, 3.63) is 17.0 Å². The van der Waals surface area contributed by atoms with Gasteiger partial charge in [-0.25, -0.2) is 0 Å². The molecule has 0 spiro atoms. The Labute approximate surface area is 149 Å². The molecule has 3 atom stereocenters. The number of hydrazine groups is 1. The standard InChI is InChI=1S/C17H28N4O2S/c1-10-6-5-7-15(11(10)2)18-17(24)20-19-16(22)9-8-14-12(3)21-23-13(14)4/h10-11,15H,5-9H2,1-4H3,(H,19,22)(H2,18,20,24)/t10-,11+,15-/m1/s1. The van der Waals surface area contributed by atoms with Gasteiger partial charge in [0.05, 0.1) is 5.69 Å². The number of thiocarbonyl (C=S) groups is 1. The Morgan fingerprint density at radius 1 is 1.29 bits per heavy atom. The van der Waals surface area contributed by atoms with E-state index in [0.717, 1.165) is 23.4 Å². The van der Waals surface area contributed by atoms with Gasteiger partial charge in [0.2, 0.25) is 5.91 Å². The van der Waals surface area contributed by atoms with Gasteiger partial charge < -0.3 is 9.84 Å². The number of aryl methyl sites for hydroxylation is 2. The van der Waals surface area contributed by atoms with Gasteiger partial charge in [-0.3, -0.25) is 15.6 Å². The van der Waals surface area contributed by atoms with Crippen molar-refractivity contribution in [2.24, 2.45) is 11.8 Å². The van der Waals surface area contributed by atoms with Gasteiger partial charge in [0.1, 0.15) is 5.76 Å². The van der Waals surface area contributed by atoms with Crippen molar-refractivity contribution in [1.82, 2.24) is 21.3 Å². The van der Waals surface area contributed by atoms with E-state index in [4.69, 9.17) is 16.7 Å². The van der Waals surface area contributed by atoms with Gasteiger partial charge in [-0.2, -0.15) is 0 Å². The number of hydrogen-bond acceptors (Lipinski definition) is 4. The highest BCUT2D eigenvalue weighted by molar-refractivity contribution is 7.80. The first-order valence-electron chi connectivity index (χ1n) is 8.65. The van der Waals surface area contributed by atoms with E-state index >= 15 is 0 Å². The summed E-state index contributed by atoms with van der Waals surface area (Å²) in [7, 11) is 0. The summed E-state index contributed by atoms with van der Waals surface area (Å²) < 4.78 is 5.10. The van der Waals surface area contributed by atoms with E-state index in [1.54, 1.807) is 0 Å². The molecule has 1 heterocycles. The Hall–Kier alpha value is -1.63. The van der Waals surface area contributed by atoms with Gasteiger partial charge in [-0.1, -0.05) is 31.8 Å². The Morgan fingerprint density at radius 3 is 2.71 bits per heavy atom. The van der Waals surface area contributed by atoms with E-state index in [1.807, 2.05) is 13.8 Å². The van der Waals surface area contributed by atoms with Gasteiger partial charge in [-0.05, 0) is 50.7 Å². The van der Waals surface area contributed by atoms with E-state index in [-0.39, 0.29) is 5.91 Å². The third-order valence-electron chi connectivity index (χ3n) is 5.12. The Bertz CT molecular complexity index is 568. The minimum absolute atomic E-state index is 0.107. The number of hydrogen-bond donors (Lipinski definition) is 3. The number of rotatable bonds is 4. The molecule has 24 heavy (non-hydrogen) atoms. The first kappa shape index (κ1) is 18.7. The summed E-state index contributed by atoms with van der Waals surface area (Å²) in [5, 5.41) is 7.69. The van der Waals surface area contributed by atoms with Crippen LogP contribution in [0.1, 0.15) is 56.5 Å². The maximum absolute atomic E-state index is 12.0. The lowest BCUT2D eigenvalue weighted by Gasteiger charge is -2.35. The highest BCUT2D eigenvalue weighted by atomic mass is 32.1. The second kappa shape index (κ2) is 8.46. The zero-order chi connectivity index (χ0) is 17.7. The fourth-order valence-corrected chi connectivity index (χ4v) is 3.48. The van der Waals surface area contributed by atoms with Crippen molar-refractivity contribution >= 4 is 23.2 Å². The maximum atomic E-state index is 12.0. The quantitative estimate of drug-likeness (QED) is 0.571. The van der Waals surface area contributed by atoms with E-state index in [9.17, 15) is 4.79 Å². The van der Waals surface area contributed by atoms with Crippen molar-refractivity contribution in [2.75, 3.05) is 0 Å². The molecule has 0 unspecified atom stereocenters. The van der Waals surface area contributed by atoms with Gasteiger partial charge in [0.15, 0.2) is 5.11 Å². The van der Waals surface area contributed by atoms with Crippen LogP contribution in [0.15, 0.2) is 4.52 Å². The second-order valence-electron chi connectivity index (χ2n) is 6.82. The molecule has 6 nitrogen and oxygen atoms in total. The lowest BCUT2D eigenvalue weighted by atomic mass is 9.78. The van der Waals surface area contributed by atoms with Crippen LogP contribution in [-0.2, 0) is 11.2 Å². The van der Waals surface area contributed by atoms with E-state index in [0.29, 0.717) is 35.8 Å². The summed E-state index contributed by atoms with van der Waals surface area (Å²) in [5.74, 6) is 1.94. The summed E-state index contributed by atoms with van der Waals surface area (Å²) in [4.78, 5) is 12.0. The summed E-state index contributed by atoms with van der Waals surface area (Å²) >= 11 is 5.29. The maximum Gasteiger partial charge on any atom is 0.238 e. The molecule has 0 aliphatic heterocycles. The summed E-state index contributed by atoms with van der Waals surface area (Å²) in [6.45, 7) is 8.28. The van der Waals surface area contributed by atoms with Crippen LogP contribution >= 0.6 is 12.2 Å². The van der Waals surface area contributed by atoms with Crippen LogP contribution in [0.25, 0.3) is 0 Å². The zero-order valence-electron chi connectivity index (χ0n) is 14.9. The molecule has 3 N–H and O–H groups in total. The van der Waals surface area contributed by atoms with Crippen LogP contribution in [0, 0.1) is 25.7 Å². The SMILES string of the molecule is Cc1noc(C)c1CCC(=O)NNC(=S)N[C@@H]1CCC[C@@H](C)[C@@H]1C. The van der Waals surface area contributed by atoms with Crippen LogP contribution in [0.3, 0.4) is 0 Å². The molecule has 1 aliphatic carbocycles. The molecule has 0 saturated heterocycles. The largest absolute Gasteiger partial charge is 0.361 e. The van der Waals surface area contributed by atoms with Gasteiger partial charge >= 0.3 is 0 Å². The Kier molecular flexibility index (Phi) is 6.60. The average Bonchev–Trinajstić information content (AvgIpc) is 2.86. The monoisotopic (exact) mass is 352 g/mol. The van der Waals surface area contributed by atoms with Crippen molar-refractivity contribution < 1.29 is 9.32 Å². The van der Waals surface area contributed by atoms with Crippen molar-refractivity contribution in [1.29, 1.82) is 0 Å². The van der Waals surface area contributed by atoms with Crippen LogP contribution in [-0.4, -0.2) is 22.2 Å². The molecule has 1 amide bonds. The molecule has 0 bridgehead atoms. The molecule has 134 valence electrons. The van der Waals surface area contributed by atoms with Crippen molar-refractivity contribution in [3.63, 3.8) is 0 Å². The van der Waals surface area contributed by atoms with E-state index in [2.05, 4.69) is 35.2 Å². The normalized spacial score (nSPS) is 23.6. The fraction of sp³-hybridized carbons (Fsp3) is 0.706. The molecule has 7 heteroatoms. The van der Waals surface area contributed by atoms with E-state index < -0.39 is 0 Å². The first-order valence-corrected chi connectivity index (χ1v) is 9.06. The first-order chi connectivity index (χ1) is 11.4. The lowest BCUT2D eigenvalue weighted by molar-refractivity contribution is -0.121. The fourth-order valence-electron chi connectivity index (χ4n) is 3.28. The number of aromatic nitrogens is 1. The predicted octanol–water partition coefficient (Wildman–Crippen LogP) is 2.54. The number of carbonyl (C=O) groups is 1. The van der Waals surface area contributed by atoms with Gasteiger partial charge in [0, 0.05) is 18.0 Å². The molecule has 0 radical (unpaired) electrons. The highest BCUT2D eigenvalue weighted by Crippen LogP contribution is 2.29. The molecular formula is C17H28N4O2S. The molecule has 2 rings (SSSR count). The third kappa shape index (κ3) is 4.93. The molecule has 1 fully saturated rings. The average molecular weight is 353 g/mol. The minimum atomic E-state index is -0.107. The molecule has 1 aromatic rings. The number of amides is 1. The van der Waals surface area contributed by atoms with Gasteiger partial charge in [-0.15, -0.1) is 0 Å². The number of nitrogens with zero attached hydrogens (tertiary/aromatic N) is 1. The number of carbonyl (C=O) groups excluding carboxylic acids is 1. The number of nitrogens with one attached hydrogen (secondary N) is 3. The van der Waals surface area contributed by atoms with Crippen LogP contribution in [0.4, 0.5) is 0 Å². The van der Waals surface area contributed by atoms with E-state index in [1.165, 1.54) is 12.8 Å². The summed E-state index contributed by atoms with van der Waals surface area (Å²) in [6.07, 6.45) is 4.57. The molecule has 0 aromatic carbocycles. The molecule has 1 saturated carbocycles. The smallest absolute Gasteiger partial charge is 0.238 e. The topological polar surface area (TPSA) is 79.2 Å². The summed E-state index contributed by atoms with van der Waals surface area (Å²) in [6, 6.07) is 0.368. The van der Waals surface area contributed by atoms with Crippen LogP contribution < -0.4 is 16.2 Å². The summed E-state index contributed by atoms with van der Waals surface area (Å²) in [5.41, 5.74) is 7.30. The molecule has 1 aromatic heterocycles. The minimum Gasteiger partial charge on any atom is -0.361 e. The van der Waals surface area contributed by atoms with Gasteiger partial charge in [0.25, 0.3) is 0 Å². The Morgan fingerprint density at radius 2 is 2.04 bits per heavy atom.